The van der Waals surface area contributed by atoms with E-state index < -0.39 is 21.7 Å². The Morgan fingerprint density at radius 3 is 0.699 bits per heavy atom. The van der Waals surface area contributed by atoms with Crippen molar-refractivity contribution in [2.24, 2.45) is 0 Å². The number of anilines is 3. The molecule has 0 radical (unpaired) electrons. The molecule has 0 fully saturated rings. The van der Waals surface area contributed by atoms with E-state index >= 15 is 0 Å². The highest BCUT2D eigenvalue weighted by molar-refractivity contribution is 6.24. The molecule has 0 N–H and O–H groups in total. The molecular weight excluding hydrogens is 1640 g/mol. The first kappa shape index (κ1) is 75.3. The first-order chi connectivity index (χ1) is 67.5. The van der Waals surface area contributed by atoms with Gasteiger partial charge in [0.2, 0.25) is 0 Å². The van der Waals surface area contributed by atoms with Crippen LogP contribution in [0, 0.1) is 0 Å². The Morgan fingerprint density at radius 2 is 0.375 bits per heavy atom. The van der Waals surface area contributed by atoms with Crippen LogP contribution in [0.25, 0.3) is 149 Å². The lowest BCUT2D eigenvalue weighted by atomic mass is 9.52. The van der Waals surface area contributed by atoms with Gasteiger partial charge in [0.15, 0.2) is 0 Å². The summed E-state index contributed by atoms with van der Waals surface area (Å²) in [6, 6.07) is 187. The molecule has 4 heteroatoms. The molecule has 630 valence electrons. The van der Waals surface area contributed by atoms with Crippen molar-refractivity contribution < 1.29 is 0 Å². The topological polar surface area (TPSA) is 18.0 Å². The van der Waals surface area contributed by atoms with E-state index in [2.05, 4.69) is 516 Å². The second kappa shape index (κ2) is 28.1. The lowest BCUT2D eigenvalue weighted by Gasteiger charge is -2.48. The summed E-state index contributed by atoms with van der Waals surface area (Å²) < 4.78 is 7.43. The molecule has 0 aliphatic heterocycles. The minimum absolute atomic E-state index is 0.481. The first-order valence-electron chi connectivity index (χ1n) is 47.6. The summed E-state index contributed by atoms with van der Waals surface area (Å²) in [4.78, 5) is 2.33. The predicted octanol–water partition coefficient (Wildman–Crippen LogP) is 32.5. The zero-order valence-electron chi connectivity index (χ0n) is 74.1. The number of fused-ring (bicyclic) bond motifs is 45. The van der Waals surface area contributed by atoms with Crippen LogP contribution >= 0.6 is 0 Å². The van der Waals surface area contributed by atoms with Gasteiger partial charge in [0.05, 0.1) is 54.8 Å². The second-order valence-corrected chi connectivity index (χ2v) is 37.7. The smallest absolute Gasteiger partial charge is 0.0720 e. The fourth-order valence-electron chi connectivity index (χ4n) is 26.9. The van der Waals surface area contributed by atoms with Gasteiger partial charge in [0, 0.05) is 66.4 Å². The van der Waals surface area contributed by atoms with Crippen molar-refractivity contribution in [2.75, 3.05) is 4.90 Å². The van der Waals surface area contributed by atoms with Crippen molar-refractivity contribution in [2.45, 2.75) is 21.7 Å². The maximum absolute atomic E-state index is 2.60. The largest absolute Gasteiger partial charge is 0.311 e. The molecule has 0 atom stereocenters. The highest BCUT2D eigenvalue weighted by Gasteiger charge is 2.61. The molecule has 0 bridgehead atoms. The van der Waals surface area contributed by atoms with Crippen molar-refractivity contribution >= 4 is 104 Å². The van der Waals surface area contributed by atoms with Crippen LogP contribution in [-0.2, 0) is 21.7 Å². The molecule has 3 aromatic heterocycles. The lowest BCUT2D eigenvalue weighted by Crippen LogP contribution is -2.43. The Kier molecular flexibility index (Phi) is 15.5. The molecule has 0 amide bonds. The molecule has 4 nitrogen and oxygen atoms in total. The molecule has 0 saturated carbocycles. The van der Waals surface area contributed by atoms with E-state index in [9.17, 15) is 0 Å². The van der Waals surface area contributed by atoms with Gasteiger partial charge in [-0.2, -0.15) is 0 Å². The fourth-order valence-corrected chi connectivity index (χ4v) is 26.9. The Morgan fingerprint density at radius 1 is 0.140 bits per heavy atom. The number of rotatable bonds is 6. The third-order valence-corrected chi connectivity index (χ3v) is 31.8. The molecule has 31 rings (SSSR count). The van der Waals surface area contributed by atoms with Crippen molar-refractivity contribution in [3.05, 3.63) is 586 Å². The predicted molar refractivity (Wildman–Crippen MR) is 562 cm³/mol. The monoisotopic (exact) mass is 1720 g/mol. The van der Waals surface area contributed by atoms with Gasteiger partial charge in [0.1, 0.15) is 0 Å². The SMILES string of the molecule is c1ccc(N(c2ccccc2)c2ccc(-n3c4cc5c(cc4c4c6ccccc6ccc43)C3(c4ccccc4-5)c4ccccc4C4(c5ccccc5-c5ccccc54)c4ccccc43)cc2)cc1.c1ccc2c(c1)-c1ccccc1C21c2ccccc2C2(c3ccccc3-c3cc4c(cc32)c2c3ccccc3ccc2n4-c2ccc(-n3c4ccccc4c4ccccc43)cc2)c2ccccc21. The summed E-state index contributed by atoms with van der Waals surface area (Å²) in [5.41, 5.74) is 43.9. The normalized spacial score (nSPS) is 14.3. The molecular formula is C132H82N4. The minimum atomic E-state index is -0.579. The third kappa shape index (κ3) is 9.61. The average Bonchev–Trinajstić information content (AvgIpc) is 1.48. The summed E-state index contributed by atoms with van der Waals surface area (Å²) in [6.07, 6.45) is 0. The Hall–Kier alpha value is -17.4. The Labute approximate surface area is 786 Å². The van der Waals surface area contributed by atoms with E-state index in [4.69, 9.17) is 0 Å². The van der Waals surface area contributed by atoms with Crippen LogP contribution < -0.4 is 4.90 Å². The standard InChI is InChI=1S/C66H40N2.C66H42N2/c1-2-18-44-41(17-1)33-38-62-64(44)51-39-59-50(40-63(51)68(62)43-36-34-42(35-37-43)67-60-31-15-6-22-48(60)49-23-7-16-32-61(49)67)47-21-5-10-26-54(47)66(59)57-29-13-11-27-55(57)65(56-28-12-14-30-58(56)66)52-24-8-3-19-45(52)46-20-4-9-25-53(46)65;1-3-20-44(21-4-1)67(45-22-5-2-6-23-45)46-36-38-47(39-37-46)68-62-40-35-43-19-7-8-24-48(43)64(62)53-41-61-52(42-63(53)68)51-27-11-14-30-56(51)66(61)59-33-17-15-31-57(59)65(58-32-16-18-34-60(58)66)54-28-12-9-25-49(54)50-26-10-13-29-55(50)65/h1-40H;1-42H. The maximum Gasteiger partial charge on any atom is 0.0720 e. The molecule has 0 unspecified atom stereocenters. The fraction of sp³-hybridized carbons (Fsp3) is 0.0303. The van der Waals surface area contributed by atoms with Crippen LogP contribution in [-0.4, -0.2) is 13.7 Å². The van der Waals surface area contributed by atoms with Gasteiger partial charge < -0.3 is 18.6 Å². The van der Waals surface area contributed by atoms with Crippen LogP contribution in [0.1, 0.15) is 89.0 Å². The first-order valence-corrected chi connectivity index (χ1v) is 47.6. The number of para-hydroxylation sites is 4. The number of hydrogen-bond donors (Lipinski definition) is 0. The van der Waals surface area contributed by atoms with Gasteiger partial charge in [-0.3, -0.25) is 0 Å². The molecule has 136 heavy (non-hydrogen) atoms. The summed E-state index contributed by atoms with van der Waals surface area (Å²) >= 11 is 0. The quantitative estimate of drug-likeness (QED) is 0.162. The Balaban J connectivity index is 0.000000129. The molecule has 22 aromatic carbocycles. The maximum atomic E-state index is 2.60. The van der Waals surface area contributed by atoms with Gasteiger partial charge in [-0.1, -0.05) is 376 Å². The van der Waals surface area contributed by atoms with Crippen LogP contribution in [0.15, 0.2) is 497 Å². The van der Waals surface area contributed by atoms with Crippen molar-refractivity contribution in [3.63, 3.8) is 0 Å². The zero-order valence-corrected chi connectivity index (χ0v) is 74.1. The molecule has 4 spiro atoms. The van der Waals surface area contributed by atoms with E-state index in [1.54, 1.807) is 0 Å². The van der Waals surface area contributed by atoms with Crippen LogP contribution in [0.2, 0.25) is 0 Å². The number of benzene rings is 22. The zero-order chi connectivity index (χ0) is 88.9. The average molecular weight is 1720 g/mol. The van der Waals surface area contributed by atoms with E-state index in [-0.39, 0.29) is 0 Å². The van der Waals surface area contributed by atoms with Gasteiger partial charge in [-0.05, 0) is 276 Å². The third-order valence-electron chi connectivity index (χ3n) is 31.8. The van der Waals surface area contributed by atoms with Gasteiger partial charge in [-0.25, -0.2) is 0 Å². The number of aromatic nitrogens is 3. The summed E-state index contributed by atoms with van der Waals surface area (Å²) in [7, 11) is 0. The van der Waals surface area contributed by atoms with Gasteiger partial charge in [-0.15, -0.1) is 0 Å². The molecule has 0 saturated heterocycles. The summed E-state index contributed by atoms with van der Waals surface area (Å²) in [6.45, 7) is 0. The highest BCUT2D eigenvalue weighted by atomic mass is 15.1. The number of nitrogens with zero attached hydrogens (tertiary/aromatic N) is 4. The number of hydrogen-bond acceptors (Lipinski definition) is 1. The van der Waals surface area contributed by atoms with Crippen molar-refractivity contribution in [3.8, 4) is 61.6 Å². The van der Waals surface area contributed by atoms with Crippen LogP contribution in [0.4, 0.5) is 17.1 Å². The minimum Gasteiger partial charge on any atom is -0.311 e. The lowest BCUT2D eigenvalue weighted by molar-refractivity contribution is 0.633. The van der Waals surface area contributed by atoms with Crippen molar-refractivity contribution in [1.29, 1.82) is 0 Å². The highest BCUT2D eigenvalue weighted by Crippen LogP contribution is 2.71. The Bertz CT molecular complexity index is 9160. The van der Waals surface area contributed by atoms with Crippen LogP contribution in [0.3, 0.4) is 0 Å². The van der Waals surface area contributed by atoms with E-state index in [0.717, 1.165) is 34.1 Å². The van der Waals surface area contributed by atoms with E-state index in [0.29, 0.717) is 0 Å². The molecule has 6 aliphatic rings. The summed E-state index contributed by atoms with van der Waals surface area (Å²) in [5.74, 6) is 0. The molecule has 3 heterocycles. The van der Waals surface area contributed by atoms with E-state index in [1.165, 1.54) is 220 Å². The second-order valence-electron chi connectivity index (χ2n) is 37.7. The molecule has 6 aliphatic carbocycles. The molecule has 25 aromatic rings. The van der Waals surface area contributed by atoms with Gasteiger partial charge >= 0.3 is 0 Å². The van der Waals surface area contributed by atoms with Crippen molar-refractivity contribution in [1.82, 2.24) is 13.7 Å². The van der Waals surface area contributed by atoms with Gasteiger partial charge in [0.25, 0.3) is 0 Å². The summed E-state index contributed by atoms with van der Waals surface area (Å²) in [5, 5.41) is 12.6. The van der Waals surface area contributed by atoms with Crippen LogP contribution in [0.5, 0.6) is 0 Å². The van der Waals surface area contributed by atoms with E-state index in [1.807, 2.05) is 0 Å².